The molecule has 1 aromatic rings. The highest BCUT2D eigenvalue weighted by atomic mass is 32.1. The molecule has 0 aliphatic carbocycles. The van der Waals surface area contributed by atoms with Crippen molar-refractivity contribution in [3.63, 3.8) is 0 Å². The fourth-order valence-electron chi connectivity index (χ4n) is 0.914. The molecule has 0 fully saturated rings. The molecule has 0 radical (unpaired) electrons. The van der Waals surface area contributed by atoms with Gasteiger partial charge in [-0.25, -0.2) is 9.78 Å². The van der Waals surface area contributed by atoms with Gasteiger partial charge in [-0.05, 0) is 6.92 Å². The SMILES string of the molecule is CCOC(=O)c1sc(C=O)nc1C(F)(F)F. The van der Waals surface area contributed by atoms with Crippen molar-refractivity contribution >= 4 is 23.6 Å². The first-order valence-electron chi connectivity index (χ1n) is 4.10. The summed E-state index contributed by atoms with van der Waals surface area (Å²) >= 11 is 0.361. The average Bonchev–Trinajstić information content (AvgIpc) is 2.61. The van der Waals surface area contributed by atoms with Crippen LogP contribution in [0.4, 0.5) is 13.2 Å². The minimum absolute atomic E-state index is 0.0511. The predicted octanol–water partition coefficient (Wildman–Crippen LogP) is 2.15. The number of aromatic nitrogens is 1. The monoisotopic (exact) mass is 253 g/mol. The lowest BCUT2D eigenvalue weighted by molar-refractivity contribution is -0.141. The summed E-state index contributed by atoms with van der Waals surface area (Å²) in [5.41, 5.74) is -1.38. The van der Waals surface area contributed by atoms with Crippen LogP contribution in [0.3, 0.4) is 0 Å². The molecule has 0 saturated carbocycles. The van der Waals surface area contributed by atoms with E-state index in [1.807, 2.05) is 0 Å². The highest BCUT2D eigenvalue weighted by Gasteiger charge is 2.40. The normalized spacial score (nSPS) is 11.2. The van der Waals surface area contributed by atoms with Crippen molar-refractivity contribution in [1.29, 1.82) is 0 Å². The van der Waals surface area contributed by atoms with Crippen LogP contribution in [0.1, 0.15) is 32.1 Å². The van der Waals surface area contributed by atoms with E-state index in [2.05, 4.69) is 9.72 Å². The van der Waals surface area contributed by atoms with Crippen molar-refractivity contribution in [2.45, 2.75) is 13.1 Å². The van der Waals surface area contributed by atoms with Crippen LogP contribution in [-0.2, 0) is 10.9 Å². The molecule has 8 heteroatoms. The molecule has 0 N–H and O–H groups in total. The Morgan fingerprint density at radius 3 is 2.62 bits per heavy atom. The number of aldehydes is 1. The van der Waals surface area contributed by atoms with Gasteiger partial charge in [0.1, 0.15) is 4.88 Å². The molecule has 1 aromatic heterocycles. The summed E-state index contributed by atoms with van der Waals surface area (Å²) in [6, 6.07) is 0. The number of esters is 1. The van der Waals surface area contributed by atoms with Gasteiger partial charge in [-0.3, -0.25) is 4.79 Å². The number of hydrogen-bond acceptors (Lipinski definition) is 5. The third-order valence-electron chi connectivity index (χ3n) is 1.47. The summed E-state index contributed by atoms with van der Waals surface area (Å²) in [4.78, 5) is 23.8. The first kappa shape index (κ1) is 12.6. The van der Waals surface area contributed by atoms with E-state index in [0.29, 0.717) is 11.3 Å². The second kappa shape index (κ2) is 4.60. The van der Waals surface area contributed by atoms with Gasteiger partial charge in [-0.1, -0.05) is 0 Å². The summed E-state index contributed by atoms with van der Waals surface area (Å²) in [6.07, 6.45) is -4.62. The zero-order valence-corrected chi connectivity index (χ0v) is 8.82. The van der Waals surface area contributed by atoms with Crippen molar-refractivity contribution in [3.8, 4) is 0 Å². The van der Waals surface area contributed by atoms with Crippen LogP contribution in [-0.4, -0.2) is 23.8 Å². The molecule has 0 aliphatic heterocycles. The topological polar surface area (TPSA) is 56.3 Å². The Balaban J connectivity index is 3.20. The van der Waals surface area contributed by atoms with E-state index < -0.39 is 27.7 Å². The van der Waals surface area contributed by atoms with Gasteiger partial charge in [0.2, 0.25) is 0 Å². The molecule has 0 amide bonds. The molecule has 1 rings (SSSR count). The lowest BCUT2D eigenvalue weighted by Gasteiger charge is -2.04. The minimum atomic E-state index is -4.78. The van der Waals surface area contributed by atoms with Gasteiger partial charge in [0.15, 0.2) is 17.0 Å². The van der Waals surface area contributed by atoms with Gasteiger partial charge in [-0.15, -0.1) is 11.3 Å². The highest BCUT2D eigenvalue weighted by Crippen LogP contribution is 2.34. The maximum Gasteiger partial charge on any atom is 0.435 e. The second-order valence-corrected chi connectivity index (χ2v) is 3.60. The molecule has 0 saturated heterocycles. The second-order valence-electron chi connectivity index (χ2n) is 2.57. The van der Waals surface area contributed by atoms with Gasteiger partial charge in [0.25, 0.3) is 0 Å². The molecule has 0 bridgehead atoms. The fourth-order valence-corrected chi connectivity index (χ4v) is 1.71. The van der Waals surface area contributed by atoms with E-state index >= 15 is 0 Å². The highest BCUT2D eigenvalue weighted by molar-refractivity contribution is 7.15. The first-order chi connectivity index (χ1) is 7.40. The lowest BCUT2D eigenvalue weighted by Crippen LogP contribution is -2.13. The summed E-state index contributed by atoms with van der Waals surface area (Å²) in [7, 11) is 0. The molecule has 0 atom stereocenters. The number of carbonyl (C=O) groups excluding carboxylic acids is 2. The summed E-state index contributed by atoms with van der Waals surface area (Å²) in [5.74, 6) is -1.12. The maximum absolute atomic E-state index is 12.4. The van der Waals surface area contributed by atoms with E-state index in [-0.39, 0.29) is 12.9 Å². The Morgan fingerprint density at radius 1 is 1.56 bits per heavy atom. The van der Waals surface area contributed by atoms with E-state index in [0.717, 1.165) is 0 Å². The number of nitrogens with zero attached hydrogens (tertiary/aromatic N) is 1. The van der Waals surface area contributed by atoms with Crippen LogP contribution < -0.4 is 0 Å². The number of carbonyl (C=O) groups is 2. The molecule has 88 valence electrons. The number of hydrogen-bond donors (Lipinski definition) is 0. The van der Waals surface area contributed by atoms with Gasteiger partial charge in [-0.2, -0.15) is 13.2 Å². The van der Waals surface area contributed by atoms with Crippen LogP contribution in [0, 0.1) is 0 Å². The largest absolute Gasteiger partial charge is 0.462 e. The number of thiazole rings is 1. The summed E-state index contributed by atoms with van der Waals surface area (Å²) in [6.45, 7) is 1.41. The molecule has 4 nitrogen and oxygen atoms in total. The van der Waals surface area contributed by atoms with Crippen LogP contribution >= 0.6 is 11.3 Å². The number of halogens is 3. The van der Waals surface area contributed by atoms with Gasteiger partial charge >= 0.3 is 12.1 Å². The standard InChI is InChI=1S/C8H6F3NO3S/c1-2-15-7(14)5-6(8(9,10)11)12-4(3-13)16-5/h3H,2H2,1H3. The number of alkyl halides is 3. The van der Waals surface area contributed by atoms with Gasteiger partial charge < -0.3 is 4.74 Å². The van der Waals surface area contributed by atoms with E-state index in [1.165, 1.54) is 6.92 Å². The van der Waals surface area contributed by atoms with Crippen LogP contribution in [0.5, 0.6) is 0 Å². The molecule has 0 unspecified atom stereocenters. The number of ether oxygens (including phenoxy) is 1. The lowest BCUT2D eigenvalue weighted by atomic mass is 10.3. The molecule has 1 heterocycles. The Labute approximate surface area is 92.0 Å². The molecule has 0 aliphatic rings. The third kappa shape index (κ3) is 2.57. The maximum atomic E-state index is 12.4. The Morgan fingerprint density at radius 2 is 2.19 bits per heavy atom. The molecule has 0 spiro atoms. The average molecular weight is 253 g/mol. The molecular weight excluding hydrogens is 247 g/mol. The van der Waals surface area contributed by atoms with E-state index in [9.17, 15) is 22.8 Å². The minimum Gasteiger partial charge on any atom is -0.462 e. The third-order valence-corrected chi connectivity index (χ3v) is 2.43. The quantitative estimate of drug-likeness (QED) is 0.611. The Hall–Kier alpha value is -1.44. The van der Waals surface area contributed by atoms with Gasteiger partial charge in [0.05, 0.1) is 6.61 Å². The molecule has 0 aromatic carbocycles. The van der Waals surface area contributed by atoms with Crippen molar-refractivity contribution < 1.29 is 27.5 Å². The Kier molecular flexibility index (Phi) is 3.63. The predicted molar refractivity (Wildman–Crippen MR) is 48.5 cm³/mol. The summed E-state index contributed by atoms with van der Waals surface area (Å²) in [5, 5.41) is -0.407. The van der Waals surface area contributed by atoms with Crippen molar-refractivity contribution in [2.75, 3.05) is 6.61 Å². The Bertz CT molecular complexity index is 413. The van der Waals surface area contributed by atoms with Crippen molar-refractivity contribution in [3.05, 3.63) is 15.6 Å². The van der Waals surface area contributed by atoms with E-state index in [1.54, 1.807) is 0 Å². The fraction of sp³-hybridized carbons (Fsp3) is 0.375. The smallest absolute Gasteiger partial charge is 0.435 e. The van der Waals surface area contributed by atoms with E-state index in [4.69, 9.17) is 0 Å². The number of rotatable bonds is 3. The van der Waals surface area contributed by atoms with Crippen LogP contribution in [0.25, 0.3) is 0 Å². The van der Waals surface area contributed by atoms with Crippen molar-refractivity contribution in [1.82, 2.24) is 4.98 Å². The molecule has 16 heavy (non-hydrogen) atoms. The first-order valence-corrected chi connectivity index (χ1v) is 4.92. The summed E-state index contributed by atoms with van der Waals surface area (Å²) < 4.78 is 41.7. The van der Waals surface area contributed by atoms with Gasteiger partial charge in [0, 0.05) is 0 Å². The van der Waals surface area contributed by atoms with Crippen LogP contribution in [0.15, 0.2) is 0 Å². The molecular formula is C8H6F3NO3S. The zero-order chi connectivity index (χ0) is 12.3. The van der Waals surface area contributed by atoms with Crippen LogP contribution in [0.2, 0.25) is 0 Å². The zero-order valence-electron chi connectivity index (χ0n) is 8.00. The van der Waals surface area contributed by atoms with Crippen molar-refractivity contribution in [2.24, 2.45) is 0 Å².